The number of nitrogens with one attached hydrogen (secondary N) is 1. The van der Waals surface area contributed by atoms with Crippen LogP contribution in [-0.4, -0.2) is 36.6 Å². The highest BCUT2D eigenvalue weighted by Crippen LogP contribution is 2.11. The van der Waals surface area contributed by atoms with E-state index in [0.717, 1.165) is 16.9 Å². The molecule has 0 aliphatic heterocycles. The van der Waals surface area contributed by atoms with Gasteiger partial charge in [-0.05, 0) is 18.6 Å². The molecule has 0 unspecified atom stereocenters. The first-order valence-electron chi connectivity index (χ1n) is 6.75. The fourth-order valence-electron chi connectivity index (χ4n) is 2.22. The summed E-state index contributed by atoms with van der Waals surface area (Å²) in [5, 5.41) is 6.85. The van der Waals surface area contributed by atoms with Gasteiger partial charge in [-0.25, -0.2) is 9.97 Å². The molecule has 0 aliphatic carbocycles. The molecule has 0 aliphatic rings. The minimum atomic E-state index is -0.0292. The molecule has 3 aromatic rings. The van der Waals surface area contributed by atoms with Gasteiger partial charge in [0.15, 0.2) is 0 Å². The van der Waals surface area contributed by atoms with Crippen LogP contribution in [-0.2, 0) is 17.8 Å². The van der Waals surface area contributed by atoms with Gasteiger partial charge in [0.1, 0.15) is 18.3 Å². The molecule has 21 heavy (non-hydrogen) atoms. The molecule has 0 saturated carbocycles. The van der Waals surface area contributed by atoms with E-state index in [1.807, 2.05) is 29.7 Å². The van der Waals surface area contributed by atoms with Crippen LogP contribution in [0.5, 0.6) is 0 Å². The van der Waals surface area contributed by atoms with Crippen LogP contribution in [0.1, 0.15) is 11.3 Å². The molecule has 1 amide bonds. The maximum absolute atomic E-state index is 12.0. The maximum Gasteiger partial charge on any atom is 0.226 e. The smallest absolute Gasteiger partial charge is 0.226 e. The lowest BCUT2D eigenvalue weighted by Gasteiger charge is -2.05. The van der Waals surface area contributed by atoms with E-state index in [0.29, 0.717) is 19.5 Å². The molecular weight excluding hydrogens is 268 g/mol. The number of hydrogen-bond acceptors (Lipinski definition) is 4. The molecule has 7 heteroatoms. The summed E-state index contributed by atoms with van der Waals surface area (Å²) in [5.74, 6) is -0.0292. The van der Waals surface area contributed by atoms with Crippen LogP contribution in [0.25, 0.3) is 5.65 Å². The average molecular weight is 284 g/mol. The SMILES string of the molecule is Cc1cccn2c(CC(=O)NCCn3cncn3)cnc12. The van der Waals surface area contributed by atoms with Gasteiger partial charge in [0.25, 0.3) is 0 Å². The van der Waals surface area contributed by atoms with Crippen LogP contribution in [0.15, 0.2) is 37.2 Å². The van der Waals surface area contributed by atoms with E-state index >= 15 is 0 Å². The van der Waals surface area contributed by atoms with Crippen LogP contribution < -0.4 is 5.32 Å². The summed E-state index contributed by atoms with van der Waals surface area (Å²) in [6, 6.07) is 3.96. The Labute approximate surface area is 121 Å². The number of carbonyl (C=O) groups is 1. The Bertz CT molecular complexity index is 746. The van der Waals surface area contributed by atoms with Crippen LogP contribution in [0.3, 0.4) is 0 Å². The number of rotatable bonds is 5. The summed E-state index contributed by atoms with van der Waals surface area (Å²) in [4.78, 5) is 20.2. The number of aromatic nitrogens is 5. The number of nitrogens with zero attached hydrogens (tertiary/aromatic N) is 5. The highest BCUT2D eigenvalue weighted by Gasteiger charge is 2.09. The second-order valence-electron chi connectivity index (χ2n) is 4.82. The molecule has 0 bridgehead atoms. The van der Waals surface area contributed by atoms with E-state index < -0.39 is 0 Å². The van der Waals surface area contributed by atoms with E-state index in [4.69, 9.17) is 0 Å². The van der Waals surface area contributed by atoms with Gasteiger partial charge in [-0.3, -0.25) is 9.48 Å². The van der Waals surface area contributed by atoms with Crippen molar-refractivity contribution in [3.63, 3.8) is 0 Å². The van der Waals surface area contributed by atoms with Gasteiger partial charge in [0.2, 0.25) is 5.91 Å². The van der Waals surface area contributed by atoms with Crippen LogP contribution >= 0.6 is 0 Å². The number of aryl methyl sites for hydroxylation is 1. The average Bonchev–Trinajstić information content (AvgIpc) is 3.10. The monoisotopic (exact) mass is 284 g/mol. The van der Waals surface area contributed by atoms with Gasteiger partial charge in [-0.2, -0.15) is 5.10 Å². The molecule has 3 heterocycles. The predicted molar refractivity (Wildman–Crippen MR) is 76.7 cm³/mol. The molecular formula is C14H16N6O. The van der Waals surface area contributed by atoms with E-state index in [1.54, 1.807) is 17.2 Å². The molecule has 108 valence electrons. The topological polar surface area (TPSA) is 77.1 Å². The Morgan fingerprint density at radius 3 is 3.14 bits per heavy atom. The summed E-state index contributed by atoms with van der Waals surface area (Å²) in [6.45, 7) is 3.14. The first-order valence-corrected chi connectivity index (χ1v) is 6.75. The molecule has 0 spiro atoms. The van der Waals surface area contributed by atoms with Crippen molar-refractivity contribution in [2.45, 2.75) is 19.9 Å². The van der Waals surface area contributed by atoms with Crippen molar-refractivity contribution in [2.24, 2.45) is 0 Å². The van der Waals surface area contributed by atoms with Gasteiger partial charge in [0.05, 0.1) is 18.7 Å². The lowest BCUT2D eigenvalue weighted by atomic mass is 10.3. The van der Waals surface area contributed by atoms with Crippen molar-refractivity contribution in [2.75, 3.05) is 6.54 Å². The zero-order valence-corrected chi connectivity index (χ0v) is 11.7. The zero-order valence-electron chi connectivity index (χ0n) is 11.7. The molecule has 0 fully saturated rings. The van der Waals surface area contributed by atoms with Gasteiger partial charge in [-0.15, -0.1) is 0 Å². The molecule has 0 saturated heterocycles. The number of hydrogen-bond donors (Lipinski definition) is 1. The van der Waals surface area contributed by atoms with Crippen molar-refractivity contribution in [1.29, 1.82) is 0 Å². The lowest BCUT2D eigenvalue weighted by molar-refractivity contribution is -0.120. The highest BCUT2D eigenvalue weighted by atomic mass is 16.1. The third kappa shape index (κ3) is 2.91. The van der Waals surface area contributed by atoms with Crippen molar-refractivity contribution in [3.8, 4) is 0 Å². The Kier molecular flexibility index (Phi) is 3.63. The van der Waals surface area contributed by atoms with Crippen molar-refractivity contribution < 1.29 is 4.79 Å². The van der Waals surface area contributed by atoms with E-state index in [-0.39, 0.29) is 5.91 Å². The molecule has 1 N–H and O–H groups in total. The molecule has 0 atom stereocenters. The van der Waals surface area contributed by atoms with Crippen LogP contribution in [0, 0.1) is 6.92 Å². The standard InChI is InChI=1S/C14H16N6O/c1-11-3-2-5-20-12(8-17-14(11)20)7-13(21)16-4-6-19-10-15-9-18-19/h2-3,5,8-10H,4,6-7H2,1H3,(H,16,21). The summed E-state index contributed by atoms with van der Waals surface area (Å²) < 4.78 is 3.63. The Morgan fingerprint density at radius 1 is 1.43 bits per heavy atom. The summed E-state index contributed by atoms with van der Waals surface area (Å²) in [5.41, 5.74) is 2.87. The minimum absolute atomic E-state index is 0.0292. The number of amides is 1. The summed E-state index contributed by atoms with van der Waals surface area (Å²) in [7, 11) is 0. The Hall–Kier alpha value is -2.70. The number of imidazole rings is 1. The van der Waals surface area contributed by atoms with Crippen LogP contribution in [0.4, 0.5) is 0 Å². The normalized spacial score (nSPS) is 10.9. The number of carbonyl (C=O) groups excluding carboxylic acids is 1. The van der Waals surface area contributed by atoms with Crippen molar-refractivity contribution >= 4 is 11.6 Å². The van der Waals surface area contributed by atoms with Gasteiger partial charge < -0.3 is 9.72 Å². The predicted octanol–water partition coefficient (Wildman–Crippen LogP) is 0.593. The Balaban J connectivity index is 1.60. The highest BCUT2D eigenvalue weighted by molar-refractivity contribution is 5.78. The molecule has 0 aromatic carbocycles. The molecule has 3 rings (SSSR count). The lowest BCUT2D eigenvalue weighted by Crippen LogP contribution is -2.29. The molecule has 3 aromatic heterocycles. The van der Waals surface area contributed by atoms with Gasteiger partial charge in [-0.1, -0.05) is 6.07 Å². The zero-order chi connectivity index (χ0) is 14.7. The van der Waals surface area contributed by atoms with Crippen molar-refractivity contribution in [1.82, 2.24) is 29.5 Å². The van der Waals surface area contributed by atoms with E-state index in [9.17, 15) is 4.79 Å². The quantitative estimate of drug-likeness (QED) is 0.744. The van der Waals surface area contributed by atoms with Gasteiger partial charge in [0, 0.05) is 18.9 Å². The molecule has 7 nitrogen and oxygen atoms in total. The minimum Gasteiger partial charge on any atom is -0.354 e. The van der Waals surface area contributed by atoms with E-state index in [2.05, 4.69) is 20.4 Å². The largest absolute Gasteiger partial charge is 0.354 e. The van der Waals surface area contributed by atoms with Gasteiger partial charge >= 0.3 is 0 Å². The van der Waals surface area contributed by atoms with E-state index in [1.165, 1.54) is 6.33 Å². The number of fused-ring (bicyclic) bond motifs is 1. The third-order valence-corrected chi connectivity index (χ3v) is 3.28. The second-order valence-corrected chi connectivity index (χ2v) is 4.82. The molecule has 0 radical (unpaired) electrons. The second kappa shape index (κ2) is 5.74. The summed E-state index contributed by atoms with van der Waals surface area (Å²) >= 11 is 0. The number of pyridine rings is 1. The summed E-state index contributed by atoms with van der Waals surface area (Å²) in [6.07, 6.45) is 7.08. The van der Waals surface area contributed by atoms with Crippen molar-refractivity contribution in [3.05, 3.63) is 48.4 Å². The first kappa shape index (κ1) is 13.3. The fourth-order valence-corrected chi connectivity index (χ4v) is 2.22. The fraction of sp³-hybridized carbons (Fsp3) is 0.286. The Morgan fingerprint density at radius 2 is 2.33 bits per heavy atom. The maximum atomic E-state index is 12.0. The van der Waals surface area contributed by atoms with Crippen LogP contribution in [0.2, 0.25) is 0 Å². The first-order chi connectivity index (χ1) is 10.2. The third-order valence-electron chi connectivity index (χ3n) is 3.28.